The first kappa shape index (κ1) is 13.9. The molecule has 3 rings (SSSR count). The number of ether oxygens (including phenoxy) is 1. The van der Waals surface area contributed by atoms with E-state index in [4.69, 9.17) is 10.5 Å². The van der Waals surface area contributed by atoms with E-state index < -0.39 is 0 Å². The lowest BCUT2D eigenvalue weighted by atomic mass is 10.1. The molecule has 1 aromatic rings. The number of benzene rings is 1. The fraction of sp³-hybridized carbons (Fsp3) is 0.625. The fourth-order valence-corrected chi connectivity index (χ4v) is 3.51. The van der Waals surface area contributed by atoms with E-state index in [0.717, 1.165) is 31.8 Å². The number of methoxy groups -OCH3 is 1. The van der Waals surface area contributed by atoms with Gasteiger partial charge in [-0.2, -0.15) is 0 Å². The molecule has 0 amide bonds. The number of likely N-dealkylation sites (N-methyl/N-ethyl adjacent to an activating group) is 1. The molecule has 2 unspecified atom stereocenters. The molecule has 0 saturated carbocycles. The van der Waals surface area contributed by atoms with Crippen LogP contribution in [0.1, 0.15) is 23.6 Å². The van der Waals surface area contributed by atoms with Crippen LogP contribution < -0.4 is 10.5 Å². The normalized spacial score (nSPS) is 28.1. The molecule has 1 heterocycles. The van der Waals surface area contributed by atoms with Crippen LogP contribution in [0.4, 0.5) is 0 Å². The molecule has 2 N–H and O–H groups in total. The summed E-state index contributed by atoms with van der Waals surface area (Å²) in [6, 6.07) is 6.90. The summed E-state index contributed by atoms with van der Waals surface area (Å²) >= 11 is 0. The first-order valence-corrected chi connectivity index (χ1v) is 7.54. The minimum atomic E-state index is 0.114. The Kier molecular flexibility index (Phi) is 3.96. The van der Waals surface area contributed by atoms with Crippen LogP contribution in [0.15, 0.2) is 18.2 Å². The highest BCUT2D eigenvalue weighted by molar-refractivity contribution is 5.42. The Labute approximate surface area is 121 Å². The van der Waals surface area contributed by atoms with E-state index in [1.807, 2.05) is 6.07 Å². The van der Waals surface area contributed by atoms with Crippen LogP contribution in [0.2, 0.25) is 0 Å². The average molecular weight is 275 g/mol. The van der Waals surface area contributed by atoms with Gasteiger partial charge in [-0.1, -0.05) is 6.07 Å². The highest BCUT2D eigenvalue weighted by atomic mass is 16.5. The Morgan fingerprint density at radius 3 is 2.85 bits per heavy atom. The first-order chi connectivity index (χ1) is 9.69. The first-order valence-electron chi connectivity index (χ1n) is 7.54. The number of rotatable bonds is 2. The summed E-state index contributed by atoms with van der Waals surface area (Å²) in [4.78, 5) is 5.00. The van der Waals surface area contributed by atoms with Crippen LogP contribution in [0.3, 0.4) is 0 Å². The second-order valence-corrected chi connectivity index (χ2v) is 6.05. The van der Waals surface area contributed by atoms with Crippen molar-refractivity contribution in [2.45, 2.75) is 24.9 Å². The van der Waals surface area contributed by atoms with Gasteiger partial charge in [-0.15, -0.1) is 0 Å². The molecule has 1 saturated heterocycles. The zero-order valence-electron chi connectivity index (χ0n) is 12.5. The molecule has 0 radical (unpaired) electrons. The van der Waals surface area contributed by atoms with Crippen LogP contribution >= 0.6 is 0 Å². The maximum atomic E-state index is 6.52. The van der Waals surface area contributed by atoms with Gasteiger partial charge in [0.1, 0.15) is 5.75 Å². The SMILES string of the molecule is COc1ccc2c(c1)C(N)C(N1CCCN(C)CC1)C2. The van der Waals surface area contributed by atoms with Crippen LogP contribution in [0, 0.1) is 0 Å². The molecule has 110 valence electrons. The van der Waals surface area contributed by atoms with E-state index in [1.165, 1.54) is 24.1 Å². The molecule has 0 aromatic heterocycles. The van der Waals surface area contributed by atoms with Crippen LogP contribution in [0.5, 0.6) is 5.75 Å². The van der Waals surface area contributed by atoms with E-state index >= 15 is 0 Å². The number of hydrogen-bond donors (Lipinski definition) is 1. The Balaban J connectivity index is 1.77. The van der Waals surface area contributed by atoms with Gasteiger partial charge in [-0.25, -0.2) is 0 Å². The molecule has 1 fully saturated rings. The quantitative estimate of drug-likeness (QED) is 0.882. The molecule has 2 atom stereocenters. The fourth-order valence-electron chi connectivity index (χ4n) is 3.51. The van der Waals surface area contributed by atoms with Gasteiger partial charge in [-0.3, -0.25) is 4.90 Å². The third-order valence-corrected chi connectivity index (χ3v) is 4.78. The smallest absolute Gasteiger partial charge is 0.119 e. The lowest BCUT2D eigenvalue weighted by Gasteiger charge is -2.30. The summed E-state index contributed by atoms with van der Waals surface area (Å²) in [6.07, 6.45) is 2.31. The maximum Gasteiger partial charge on any atom is 0.119 e. The molecular formula is C16H25N3O. The van der Waals surface area contributed by atoms with Gasteiger partial charge in [-0.05, 0) is 56.2 Å². The Morgan fingerprint density at radius 1 is 1.20 bits per heavy atom. The third kappa shape index (κ3) is 2.55. The standard InChI is InChI=1S/C16H25N3O/c1-18-6-3-7-19(9-8-18)15-10-12-4-5-13(20-2)11-14(12)16(15)17/h4-5,11,15-16H,3,6-10,17H2,1-2H3. The average Bonchev–Trinajstić information content (AvgIpc) is 2.64. The van der Waals surface area contributed by atoms with Crippen molar-refractivity contribution in [1.82, 2.24) is 9.80 Å². The van der Waals surface area contributed by atoms with E-state index in [9.17, 15) is 0 Å². The van der Waals surface area contributed by atoms with Crippen LogP contribution in [-0.4, -0.2) is 56.2 Å². The maximum absolute atomic E-state index is 6.52. The zero-order chi connectivity index (χ0) is 14.1. The molecule has 0 spiro atoms. The lowest BCUT2D eigenvalue weighted by molar-refractivity contribution is 0.186. The van der Waals surface area contributed by atoms with Gasteiger partial charge in [0.05, 0.1) is 7.11 Å². The van der Waals surface area contributed by atoms with Gasteiger partial charge in [0.25, 0.3) is 0 Å². The number of fused-ring (bicyclic) bond motifs is 1. The van der Waals surface area contributed by atoms with E-state index in [1.54, 1.807) is 7.11 Å². The van der Waals surface area contributed by atoms with Crippen molar-refractivity contribution in [3.8, 4) is 5.75 Å². The number of nitrogens with two attached hydrogens (primary N) is 1. The van der Waals surface area contributed by atoms with E-state index in [-0.39, 0.29) is 6.04 Å². The van der Waals surface area contributed by atoms with Gasteiger partial charge in [0.2, 0.25) is 0 Å². The topological polar surface area (TPSA) is 41.7 Å². The minimum Gasteiger partial charge on any atom is -0.497 e. The van der Waals surface area contributed by atoms with Gasteiger partial charge in [0, 0.05) is 25.2 Å². The Hall–Kier alpha value is -1.10. The summed E-state index contributed by atoms with van der Waals surface area (Å²) in [7, 11) is 3.92. The van der Waals surface area contributed by atoms with Crippen molar-refractivity contribution in [2.75, 3.05) is 40.3 Å². The number of nitrogens with zero attached hydrogens (tertiary/aromatic N) is 2. The minimum absolute atomic E-state index is 0.114. The molecule has 4 nitrogen and oxygen atoms in total. The van der Waals surface area contributed by atoms with Crippen LogP contribution in [0.25, 0.3) is 0 Å². The van der Waals surface area contributed by atoms with Crippen molar-refractivity contribution in [3.63, 3.8) is 0 Å². The molecule has 1 aliphatic heterocycles. The van der Waals surface area contributed by atoms with Crippen molar-refractivity contribution >= 4 is 0 Å². The molecule has 4 heteroatoms. The molecule has 0 bridgehead atoms. The van der Waals surface area contributed by atoms with Gasteiger partial charge >= 0.3 is 0 Å². The summed E-state index contributed by atoms with van der Waals surface area (Å²) < 4.78 is 5.33. The predicted molar refractivity (Wildman–Crippen MR) is 81.1 cm³/mol. The highest BCUT2D eigenvalue weighted by Crippen LogP contribution is 2.35. The molecule has 1 aliphatic carbocycles. The van der Waals surface area contributed by atoms with Crippen molar-refractivity contribution in [3.05, 3.63) is 29.3 Å². The van der Waals surface area contributed by atoms with Crippen LogP contribution in [-0.2, 0) is 6.42 Å². The zero-order valence-corrected chi connectivity index (χ0v) is 12.5. The second-order valence-electron chi connectivity index (χ2n) is 6.05. The van der Waals surface area contributed by atoms with Crippen molar-refractivity contribution < 1.29 is 4.74 Å². The van der Waals surface area contributed by atoms with Crippen molar-refractivity contribution in [1.29, 1.82) is 0 Å². The summed E-state index contributed by atoms with van der Waals surface area (Å²) in [5.41, 5.74) is 9.18. The summed E-state index contributed by atoms with van der Waals surface area (Å²) in [6.45, 7) is 4.62. The molecular weight excluding hydrogens is 250 g/mol. The molecule has 20 heavy (non-hydrogen) atoms. The molecule has 1 aromatic carbocycles. The van der Waals surface area contributed by atoms with E-state index in [0.29, 0.717) is 6.04 Å². The monoisotopic (exact) mass is 275 g/mol. The lowest BCUT2D eigenvalue weighted by Crippen LogP contribution is -2.43. The largest absolute Gasteiger partial charge is 0.497 e. The molecule has 2 aliphatic rings. The van der Waals surface area contributed by atoms with Gasteiger partial charge in [0.15, 0.2) is 0 Å². The Morgan fingerprint density at radius 2 is 2.05 bits per heavy atom. The Bertz CT molecular complexity index is 477. The number of hydrogen-bond acceptors (Lipinski definition) is 4. The van der Waals surface area contributed by atoms with E-state index in [2.05, 4.69) is 29.0 Å². The third-order valence-electron chi connectivity index (χ3n) is 4.78. The predicted octanol–water partition coefficient (Wildman–Crippen LogP) is 1.26. The summed E-state index contributed by atoms with van der Waals surface area (Å²) in [5.74, 6) is 0.912. The van der Waals surface area contributed by atoms with Crippen molar-refractivity contribution in [2.24, 2.45) is 5.73 Å². The highest BCUT2D eigenvalue weighted by Gasteiger charge is 2.34. The second kappa shape index (κ2) is 5.72. The summed E-state index contributed by atoms with van der Waals surface area (Å²) in [5, 5.41) is 0. The van der Waals surface area contributed by atoms with Gasteiger partial charge < -0.3 is 15.4 Å².